The zero-order valence-electron chi connectivity index (χ0n) is 13.1. The molecule has 5 nitrogen and oxygen atoms in total. The number of rotatable bonds is 8. The molecular formula is C16H26N2O3. The van der Waals surface area contributed by atoms with Gasteiger partial charge in [0.2, 0.25) is 0 Å². The van der Waals surface area contributed by atoms with E-state index >= 15 is 0 Å². The van der Waals surface area contributed by atoms with Crippen LogP contribution in [0.1, 0.15) is 32.3 Å². The molecule has 0 aliphatic heterocycles. The molecule has 0 heterocycles. The second-order valence-electron chi connectivity index (χ2n) is 5.50. The van der Waals surface area contributed by atoms with Crippen molar-refractivity contribution in [1.82, 2.24) is 10.6 Å². The van der Waals surface area contributed by atoms with Gasteiger partial charge >= 0.3 is 6.03 Å². The number of carbonyl (C=O) groups is 1. The predicted octanol–water partition coefficient (Wildman–Crippen LogP) is 2.01. The van der Waals surface area contributed by atoms with Crippen LogP contribution < -0.4 is 10.6 Å². The van der Waals surface area contributed by atoms with Crippen molar-refractivity contribution in [1.29, 1.82) is 0 Å². The summed E-state index contributed by atoms with van der Waals surface area (Å²) in [7, 11) is 1.62. The maximum absolute atomic E-state index is 12.1. The molecule has 1 aromatic rings. The largest absolute Gasteiger partial charge is 0.396 e. The number of aliphatic hydroxyl groups excluding tert-OH is 1. The first kappa shape index (κ1) is 17.5. The normalized spacial score (nSPS) is 15.0. The lowest BCUT2D eigenvalue weighted by Gasteiger charge is -2.31. The van der Waals surface area contributed by atoms with E-state index in [1.807, 2.05) is 44.2 Å². The first-order valence-electron chi connectivity index (χ1n) is 7.26. The Labute approximate surface area is 126 Å². The van der Waals surface area contributed by atoms with E-state index in [2.05, 4.69) is 10.6 Å². The van der Waals surface area contributed by atoms with E-state index in [9.17, 15) is 4.79 Å². The summed E-state index contributed by atoms with van der Waals surface area (Å²) in [5, 5.41) is 14.7. The second kappa shape index (κ2) is 8.64. The number of aliphatic hydroxyl groups is 1. The van der Waals surface area contributed by atoms with Gasteiger partial charge in [0.1, 0.15) is 0 Å². The zero-order chi connectivity index (χ0) is 15.7. The van der Waals surface area contributed by atoms with Crippen molar-refractivity contribution < 1.29 is 14.6 Å². The summed E-state index contributed by atoms with van der Waals surface area (Å²) in [5.41, 5.74) is 0.404. The summed E-state index contributed by atoms with van der Waals surface area (Å²) >= 11 is 0. The molecule has 0 saturated heterocycles. The van der Waals surface area contributed by atoms with Crippen molar-refractivity contribution in [3.8, 4) is 0 Å². The van der Waals surface area contributed by atoms with E-state index in [4.69, 9.17) is 9.84 Å². The highest BCUT2D eigenvalue weighted by molar-refractivity contribution is 5.75. The number of ether oxygens (including phenoxy) is 1. The summed E-state index contributed by atoms with van der Waals surface area (Å²) in [6.45, 7) is 4.38. The zero-order valence-corrected chi connectivity index (χ0v) is 13.1. The van der Waals surface area contributed by atoms with Gasteiger partial charge < -0.3 is 20.5 Å². The van der Waals surface area contributed by atoms with Gasteiger partial charge in [0.05, 0.1) is 12.1 Å². The third kappa shape index (κ3) is 5.73. The molecule has 0 aliphatic carbocycles. The minimum absolute atomic E-state index is 0.0136. The van der Waals surface area contributed by atoms with Crippen molar-refractivity contribution in [3.05, 3.63) is 35.9 Å². The fourth-order valence-corrected chi connectivity index (χ4v) is 2.27. The molecule has 118 valence electrons. The van der Waals surface area contributed by atoms with Gasteiger partial charge in [0.25, 0.3) is 0 Å². The van der Waals surface area contributed by atoms with Gasteiger partial charge in [-0.2, -0.15) is 0 Å². The Morgan fingerprint density at radius 2 is 2.05 bits per heavy atom. The third-order valence-electron chi connectivity index (χ3n) is 3.41. The van der Waals surface area contributed by atoms with Gasteiger partial charge in [-0.3, -0.25) is 0 Å². The third-order valence-corrected chi connectivity index (χ3v) is 3.41. The van der Waals surface area contributed by atoms with E-state index in [1.165, 1.54) is 0 Å². The van der Waals surface area contributed by atoms with Crippen LogP contribution in [0.4, 0.5) is 4.79 Å². The summed E-state index contributed by atoms with van der Waals surface area (Å²) in [6, 6.07) is 9.53. The number of urea groups is 1. The fourth-order valence-electron chi connectivity index (χ4n) is 2.27. The number of methoxy groups -OCH3 is 1. The summed E-state index contributed by atoms with van der Waals surface area (Å²) < 4.78 is 5.26. The number of amides is 2. The number of hydrogen-bond acceptors (Lipinski definition) is 3. The molecule has 2 amide bonds. The van der Waals surface area contributed by atoms with Crippen molar-refractivity contribution in [3.63, 3.8) is 0 Å². The minimum Gasteiger partial charge on any atom is -0.396 e. The van der Waals surface area contributed by atoms with Crippen molar-refractivity contribution >= 4 is 6.03 Å². The molecular weight excluding hydrogens is 268 g/mol. The molecule has 0 spiro atoms. The molecule has 2 atom stereocenters. The van der Waals surface area contributed by atoms with Crippen LogP contribution >= 0.6 is 0 Å². The molecule has 2 unspecified atom stereocenters. The molecule has 0 bridgehead atoms. The smallest absolute Gasteiger partial charge is 0.315 e. The van der Waals surface area contributed by atoms with Crippen LogP contribution in [0.5, 0.6) is 0 Å². The molecule has 1 rings (SSSR count). The molecule has 0 aliphatic rings. The molecule has 3 N–H and O–H groups in total. The standard InChI is InChI=1S/C16H26N2O3/c1-13(8-7-11-19)17-15(20)18-16(2,12-21-3)14-9-5-4-6-10-14/h4-6,9-10,13,19H,7-8,11-12H2,1-3H3,(H2,17,18,20). The Bertz CT molecular complexity index is 425. The van der Waals surface area contributed by atoms with E-state index in [0.717, 1.165) is 12.0 Å². The highest BCUT2D eigenvalue weighted by Crippen LogP contribution is 2.20. The summed E-state index contributed by atoms with van der Waals surface area (Å²) in [5.74, 6) is 0. The predicted molar refractivity (Wildman–Crippen MR) is 83.1 cm³/mol. The second-order valence-corrected chi connectivity index (χ2v) is 5.50. The van der Waals surface area contributed by atoms with Crippen molar-refractivity contribution in [2.24, 2.45) is 0 Å². The quantitative estimate of drug-likeness (QED) is 0.687. The summed E-state index contributed by atoms with van der Waals surface area (Å²) in [4.78, 5) is 12.1. The van der Waals surface area contributed by atoms with E-state index in [1.54, 1.807) is 7.11 Å². The number of carbonyl (C=O) groups excluding carboxylic acids is 1. The average molecular weight is 294 g/mol. The molecule has 0 saturated carbocycles. The van der Waals surface area contributed by atoms with Crippen LogP contribution in [-0.2, 0) is 10.3 Å². The lowest BCUT2D eigenvalue weighted by molar-refractivity contribution is 0.121. The van der Waals surface area contributed by atoms with Gasteiger partial charge in [0.15, 0.2) is 0 Å². The maximum Gasteiger partial charge on any atom is 0.315 e. The average Bonchev–Trinajstić information content (AvgIpc) is 2.46. The monoisotopic (exact) mass is 294 g/mol. The fraction of sp³-hybridized carbons (Fsp3) is 0.562. The van der Waals surface area contributed by atoms with Crippen LogP contribution in [0.25, 0.3) is 0 Å². The molecule has 0 aromatic heterocycles. The highest BCUT2D eigenvalue weighted by Gasteiger charge is 2.28. The Morgan fingerprint density at radius 1 is 1.38 bits per heavy atom. The first-order valence-corrected chi connectivity index (χ1v) is 7.26. The van der Waals surface area contributed by atoms with E-state index in [0.29, 0.717) is 13.0 Å². The lowest BCUT2D eigenvalue weighted by Crippen LogP contribution is -2.52. The summed E-state index contributed by atoms with van der Waals surface area (Å²) in [6.07, 6.45) is 1.42. The van der Waals surface area contributed by atoms with Gasteiger partial charge in [-0.1, -0.05) is 30.3 Å². The van der Waals surface area contributed by atoms with Crippen molar-refractivity contribution in [2.45, 2.75) is 38.3 Å². The van der Waals surface area contributed by atoms with Crippen LogP contribution in [0.3, 0.4) is 0 Å². The SMILES string of the molecule is COCC(C)(NC(=O)NC(C)CCCO)c1ccccc1. The number of nitrogens with one attached hydrogen (secondary N) is 2. The van der Waals surface area contributed by atoms with Crippen LogP contribution in [0, 0.1) is 0 Å². The minimum atomic E-state index is -0.587. The van der Waals surface area contributed by atoms with Gasteiger partial charge in [-0.25, -0.2) is 4.79 Å². The van der Waals surface area contributed by atoms with Crippen molar-refractivity contribution in [2.75, 3.05) is 20.3 Å². The first-order chi connectivity index (χ1) is 10.0. The Hall–Kier alpha value is -1.59. The molecule has 0 fully saturated rings. The van der Waals surface area contributed by atoms with Gasteiger partial charge in [-0.05, 0) is 32.3 Å². The molecule has 5 heteroatoms. The van der Waals surface area contributed by atoms with E-state index in [-0.39, 0.29) is 18.7 Å². The van der Waals surface area contributed by atoms with Crippen LogP contribution in [0.15, 0.2) is 30.3 Å². The highest BCUT2D eigenvalue weighted by atomic mass is 16.5. The molecule has 1 aromatic carbocycles. The lowest BCUT2D eigenvalue weighted by atomic mass is 9.93. The van der Waals surface area contributed by atoms with Gasteiger partial charge in [-0.15, -0.1) is 0 Å². The maximum atomic E-state index is 12.1. The topological polar surface area (TPSA) is 70.6 Å². The molecule has 21 heavy (non-hydrogen) atoms. The van der Waals surface area contributed by atoms with Crippen LogP contribution in [0.2, 0.25) is 0 Å². The number of benzene rings is 1. The molecule has 0 radical (unpaired) electrons. The Balaban J connectivity index is 2.68. The number of hydrogen-bond donors (Lipinski definition) is 3. The van der Waals surface area contributed by atoms with Crippen LogP contribution in [-0.4, -0.2) is 37.5 Å². The Morgan fingerprint density at radius 3 is 2.62 bits per heavy atom. The Kier molecular flexibility index (Phi) is 7.19. The van der Waals surface area contributed by atoms with E-state index < -0.39 is 5.54 Å². The van der Waals surface area contributed by atoms with Gasteiger partial charge in [0, 0.05) is 19.8 Å².